The van der Waals surface area contributed by atoms with Crippen molar-refractivity contribution in [3.8, 4) is 0 Å². The van der Waals surface area contributed by atoms with Gasteiger partial charge < -0.3 is 0 Å². The predicted molar refractivity (Wildman–Crippen MR) is 177 cm³/mol. The molecule has 43 heavy (non-hydrogen) atoms. The molecule has 0 aliphatic carbocycles. The summed E-state index contributed by atoms with van der Waals surface area (Å²) in [7, 11) is -14.0. The maximum absolute atomic E-state index is 12.9. The Hall–Kier alpha value is -1.31. The standard InChI is InChI=1S/C31H56O9S3/c1-12-20(6)26(15-4)27(16-5)30(25(11)41(32,33)34)29(42(35,36)37)19-17-18-28(21(7)13-2)23(9)24(10)31(22(8)14-3)43(38,39)40/h12,17,19,21,23-26,28-29,31H,8,13-16,18H2,1-7,9-11H3,(H,32,33,34)(H,35,36,37)(H,38,39,40)/b19-17+,20-12+,30-27-. The number of hydrogen-bond acceptors (Lipinski definition) is 6. The van der Waals surface area contributed by atoms with Crippen LogP contribution in [-0.4, -0.2) is 54.7 Å². The molecule has 0 saturated heterocycles. The Morgan fingerprint density at radius 1 is 0.791 bits per heavy atom. The van der Waals surface area contributed by atoms with Gasteiger partial charge in [-0.2, -0.15) is 25.3 Å². The quantitative estimate of drug-likeness (QED) is 0.0945. The van der Waals surface area contributed by atoms with Crippen molar-refractivity contribution in [3.63, 3.8) is 0 Å². The van der Waals surface area contributed by atoms with E-state index in [4.69, 9.17) is 0 Å². The van der Waals surface area contributed by atoms with Crippen LogP contribution in [0.15, 0.2) is 47.1 Å². The summed E-state index contributed by atoms with van der Waals surface area (Å²) < 4.78 is 106. The summed E-state index contributed by atoms with van der Waals surface area (Å²) in [5.41, 5.74) is 1.74. The van der Waals surface area contributed by atoms with Gasteiger partial charge in [0.1, 0.15) is 15.7 Å². The molecule has 0 spiro atoms. The molecule has 8 atom stereocenters. The normalized spacial score (nSPS) is 20.1. The summed E-state index contributed by atoms with van der Waals surface area (Å²) in [5, 5.41) is -4.49. The van der Waals surface area contributed by atoms with E-state index in [0.29, 0.717) is 36.8 Å². The van der Waals surface area contributed by atoms with E-state index in [-0.39, 0.29) is 29.2 Å². The van der Waals surface area contributed by atoms with Crippen LogP contribution in [0.25, 0.3) is 0 Å². The van der Waals surface area contributed by atoms with Gasteiger partial charge in [0, 0.05) is 5.92 Å². The van der Waals surface area contributed by atoms with Gasteiger partial charge >= 0.3 is 0 Å². The molecule has 0 aromatic heterocycles. The monoisotopic (exact) mass is 668 g/mol. The van der Waals surface area contributed by atoms with Crippen LogP contribution in [0.5, 0.6) is 0 Å². The third kappa shape index (κ3) is 11.5. The minimum absolute atomic E-state index is 0.0722. The average Bonchev–Trinajstić information content (AvgIpc) is 2.90. The van der Waals surface area contributed by atoms with Gasteiger partial charge in [-0.25, -0.2) is 0 Å². The average molecular weight is 669 g/mol. The van der Waals surface area contributed by atoms with Gasteiger partial charge in [-0.3, -0.25) is 13.7 Å². The molecule has 252 valence electrons. The first-order chi connectivity index (χ1) is 19.6. The largest absolute Gasteiger partial charge is 0.285 e. The first-order valence-electron chi connectivity index (χ1n) is 15.1. The molecule has 0 aromatic rings. The third-order valence-electron chi connectivity index (χ3n) is 9.35. The Morgan fingerprint density at radius 3 is 1.67 bits per heavy atom. The summed E-state index contributed by atoms with van der Waals surface area (Å²) in [5.74, 6) is -1.15. The molecule has 0 amide bonds. The molecule has 9 nitrogen and oxygen atoms in total. The Kier molecular flexibility index (Phi) is 16.9. The minimum Gasteiger partial charge on any atom is -0.285 e. The molecule has 0 aromatic carbocycles. The molecule has 0 fully saturated rings. The van der Waals surface area contributed by atoms with E-state index in [2.05, 4.69) is 6.58 Å². The molecule has 0 rings (SSSR count). The maximum atomic E-state index is 12.9. The van der Waals surface area contributed by atoms with Crippen molar-refractivity contribution in [2.24, 2.45) is 29.6 Å². The second kappa shape index (κ2) is 17.4. The van der Waals surface area contributed by atoms with Crippen LogP contribution >= 0.6 is 0 Å². The fourth-order valence-corrected chi connectivity index (χ4v) is 9.31. The summed E-state index contributed by atoms with van der Waals surface area (Å²) in [4.78, 5) is 0. The third-order valence-corrected chi connectivity index (χ3v) is 13.0. The summed E-state index contributed by atoms with van der Waals surface area (Å²) in [6.45, 7) is 21.9. The van der Waals surface area contributed by atoms with E-state index in [0.717, 1.165) is 12.0 Å². The molecule has 0 heterocycles. The number of rotatable bonds is 19. The van der Waals surface area contributed by atoms with Gasteiger partial charge in [-0.15, -0.1) is 0 Å². The molecule has 8 unspecified atom stereocenters. The van der Waals surface area contributed by atoms with Crippen LogP contribution in [0.4, 0.5) is 0 Å². The zero-order valence-electron chi connectivity index (χ0n) is 27.6. The molecule has 0 aliphatic rings. The molecule has 0 aliphatic heterocycles. The Bertz CT molecular complexity index is 1340. The number of hydrogen-bond donors (Lipinski definition) is 3. The highest BCUT2D eigenvalue weighted by atomic mass is 32.2. The first kappa shape index (κ1) is 41.7. The zero-order valence-corrected chi connectivity index (χ0v) is 30.1. The lowest BCUT2D eigenvalue weighted by atomic mass is 9.72. The van der Waals surface area contributed by atoms with Crippen molar-refractivity contribution < 1.29 is 38.9 Å². The van der Waals surface area contributed by atoms with E-state index in [1.807, 2.05) is 47.6 Å². The van der Waals surface area contributed by atoms with Crippen molar-refractivity contribution in [2.45, 2.75) is 117 Å². The van der Waals surface area contributed by atoms with Crippen LogP contribution in [-0.2, 0) is 30.4 Å². The van der Waals surface area contributed by atoms with Crippen LogP contribution in [0.2, 0.25) is 0 Å². The van der Waals surface area contributed by atoms with Crippen molar-refractivity contribution in [1.82, 2.24) is 0 Å². The first-order valence-corrected chi connectivity index (χ1v) is 19.7. The predicted octanol–water partition coefficient (Wildman–Crippen LogP) is 7.32. The second-order valence-corrected chi connectivity index (χ2v) is 16.6. The van der Waals surface area contributed by atoms with Crippen LogP contribution in [0.1, 0.15) is 101 Å². The van der Waals surface area contributed by atoms with Crippen LogP contribution in [0.3, 0.4) is 0 Å². The fraction of sp³-hybridized carbons (Fsp3) is 0.742. The molecule has 12 heteroatoms. The van der Waals surface area contributed by atoms with E-state index in [1.165, 1.54) is 13.0 Å². The molecule has 3 N–H and O–H groups in total. The molecule has 0 radical (unpaired) electrons. The Balaban J connectivity index is 7.16. The lowest BCUT2D eigenvalue weighted by Crippen LogP contribution is -2.37. The van der Waals surface area contributed by atoms with Crippen molar-refractivity contribution >= 4 is 30.4 Å². The van der Waals surface area contributed by atoms with E-state index in [1.54, 1.807) is 26.8 Å². The summed E-state index contributed by atoms with van der Waals surface area (Å²) in [6, 6.07) is 0. The second-order valence-electron chi connectivity index (χ2n) is 11.8. The van der Waals surface area contributed by atoms with Crippen molar-refractivity contribution in [2.75, 3.05) is 0 Å². The van der Waals surface area contributed by atoms with E-state index < -0.39 is 52.0 Å². The van der Waals surface area contributed by atoms with Gasteiger partial charge in [-0.05, 0) is 75.7 Å². The van der Waals surface area contributed by atoms with E-state index in [9.17, 15) is 38.9 Å². The van der Waals surface area contributed by atoms with Crippen LogP contribution in [0, 0.1) is 29.6 Å². The highest BCUT2D eigenvalue weighted by Gasteiger charge is 2.39. The topological polar surface area (TPSA) is 163 Å². The Morgan fingerprint density at radius 2 is 1.33 bits per heavy atom. The highest BCUT2D eigenvalue weighted by molar-refractivity contribution is 7.88. The van der Waals surface area contributed by atoms with E-state index >= 15 is 0 Å². The molecule has 0 saturated carbocycles. The smallest absolute Gasteiger partial charge is 0.275 e. The van der Waals surface area contributed by atoms with Crippen LogP contribution < -0.4 is 0 Å². The van der Waals surface area contributed by atoms with Gasteiger partial charge in [0.05, 0.1) is 0 Å². The lowest BCUT2D eigenvalue weighted by Gasteiger charge is -2.36. The molecular weight excluding hydrogens is 613 g/mol. The zero-order chi connectivity index (χ0) is 34.1. The maximum Gasteiger partial charge on any atom is 0.275 e. The molecule has 0 bridgehead atoms. The Labute approximate surface area is 262 Å². The van der Waals surface area contributed by atoms with Gasteiger partial charge in [0.15, 0.2) is 0 Å². The summed E-state index contributed by atoms with van der Waals surface area (Å²) >= 11 is 0. The summed E-state index contributed by atoms with van der Waals surface area (Å²) in [6.07, 6.45) is 6.98. The number of allylic oxidation sites excluding steroid dienone is 4. The van der Waals surface area contributed by atoms with Gasteiger partial charge in [0.25, 0.3) is 30.4 Å². The minimum atomic E-state index is -4.87. The lowest BCUT2D eigenvalue weighted by molar-refractivity contribution is 0.189. The van der Waals surface area contributed by atoms with Gasteiger partial charge in [0.2, 0.25) is 0 Å². The van der Waals surface area contributed by atoms with Crippen molar-refractivity contribution in [3.05, 3.63) is 47.1 Å². The molecular formula is C31H56O9S3. The van der Waals surface area contributed by atoms with Crippen molar-refractivity contribution in [1.29, 1.82) is 0 Å². The SMILES string of the molecule is C=C(CC)C(C(C)C(C)C(C/C=C/C(/C(=C(/CC)C(CC)/C(C)=C/C)C(C)S(=O)(=O)O)S(=O)(=O)O)C(C)CC)S(=O)(=O)O. The van der Waals surface area contributed by atoms with Gasteiger partial charge in [-0.1, -0.05) is 96.4 Å². The fourth-order valence-electron chi connectivity index (χ4n) is 6.24. The highest BCUT2D eigenvalue weighted by Crippen LogP contribution is 2.39.